The Morgan fingerprint density at radius 1 is 0.895 bits per heavy atom. The number of rotatable bonds is 6. The Kier molecular flexibility index (Phi) is 6.06. The van der Waals surface area contributed by atoms with Gasteiger partial charge >= 0.3 is 5.97 Å². The Morgan fingerprint density at radius 2 is 1.66 bits per heavy atom. The van der Waals surface area contributed by atoms with Crippen LogP contribution in [-0.4, -0.2) is 30.3 Å². The van der Waals surface area contributed by atoms with E-state index >= 15 is 0 Å². The molecule has 7 heteroatoms. The normalized spacial score (nSPS) is 25.4. The van der Waals surface area contributed by atoms with E-state index in [2.05, 4.69) is 17.4 Å². The monoisotopic (exact) mass is 508 g/mol. The van der Waals surface area contributed by atoms with Gasteiger partial charge in [0.15, 0.2) is 6.61 Å². The van der Waals surface area contributed by atoms with Gasteiger partial charge in [-0.3, -0.25) is 19.3 Å². The molecule has 5 atom stereocenters. The molecular formula is C31H28N2O5. The maximum Gasteiger partial charge on any atom is 0.338 e. The third-order valence-corrected chi connectivity index (χ3v) is 8.22. The number of hydrogen-bond donors (Lipinski definition) is 1. The number of imide groups is 1. The van der Waals surface area contributed by atoms with Crippen LogP contribution in [0.15, 0.2) is 78.9 Å². The number of anilines is 2. The van der Waals surface area contributed by atoms with Gasteiger partial charge < -0.3 is 10.1 Å². The third kappa shape index (κ3) is 4.18. The first-order valence-electron chi connectivity index (χ1n) is 13.0. The molecule has 38 heavy (non-hydrogen) atoms. The van der Waals surface area contributed by atoms with Gasteiger partial charge in [0, 0.05) is 5.69 Å². The number of aryl methyl sites for hydroxylation is 1. The number of nitrogens with zero attached hydrogens (tertiary/aromatic N) is 1. The number of ether oxygens (including phenoxy) is 1. The van der Waals surface area contributed by atoms with Crippen molar-refractivity contribution in [3.63, 3.8) is 0 Å². The van der Waals surface area contributed by atoms with Crippen molar-refractivity contribution in [3.05, 3.63) is 95.6 Å². The zero-order chi connectivity index (χ0) is 26.4. The third-order valence-electron chi connectivity index (χ3n) is 8.22. The SMILES string of the molecule is Cc1cccc(NC(=O)COC(=O)c2cccc(N3C(=O)[C@@H]4[C@@H]5C[C@@H]([C@H]4C3=O)[C@H](c3ccccc3)C5)c2)c1. The van der Waals surface area contributed by atoms with Gasteiger partial charge in [-0.25, -0.2) is 4.79 Å². The highest BCUT2D eigenvalue weighted by Gasteiger charge is 2.64. The van der Waals surface area contributed by atoms with Crippen LogP contribution in [-0.2, 0) is 19.1 Å². The Labute approximate surface area is 220 Å². The summed E-state index contributed by atoms with van der Waals surface area (Å²) in [6, 6.07) is 23.9. The molecule has 0 spiro atoms. The van der Waals surface area contributed by atoms with E-state index in [0.29, 0.717) is 11.4 Å². The molecule has 1 heterocycles. The van der Waals surface area contributed by atoms with Gasteiger partial charge in [-0.1, -0.05) is 48.5 Å². The van der Waals surface area contributed by atoms with Gasteiger partial charge in [-0.2, -0.15) is 0 Å². The fourth-order valence-electron chi connectivity index (χ4n) is 6.70. The van der Waals surface area contributed by atoms with Crippen molar-refractivity contribution in [2.45, 2.75) is 25.7 Å². The molecule has 6 rings (SSSR count). The number of nitrogens with one attached hydrogen (secondary N) is 1. The lowest BCUT2D eigenvalue weighted by atomic mass is 9.73. The molecule has 0 aromatic heterocycles. The lowest BCUT2D eigenvalue weighted by Gasteiger charge is -2.28. The van der Waals surface area contributed by atoms with Crippen molar-refractivity contribution in [3.8, 4) is 0 Å². The van der Waals surface area contributed by atoms with E-state index in [9.17, 15) is 19.2 Å². The molecule has 3 aromatic rings. The Hall–Kier alpha value is -4.26. The lowest BCUT2D eigenvalue weighted by molar-refractivity contribution is -0.123. The van der Waals surface area contributed by atoms with Crippen LogP contribution in [0.2, 0.25) is 0 Å². The number of benzene rings is 3. The smallest absolute Gasteiger partial charge is 0.338 e. The second-order valence-corrected chi connectivity index (χ2v) is 10.5. The van der Waals surface area contributed by atoms with Crippen LogP contribution in [0.5, 0.6) is 0 Å². The highest BCUT2D eigenvalue weighted by Crippen LogP contribution is 2.61. The maximum atomic E-state index is 13.6. The van der Waals surface area contributed by atoms with Crippen LogP contribution in [0.1, 0.15) is 40.2 Å². The molecular weight excluding hydrogens is 480 g/mol. The average Bonchev–Trinajstić information content (AvgIpc) is 3.59. The van der Waals surface area contributed by atoms with Gasteiger partial charge in [0.1, 0.15) is 0 Å². The van der Waals surface area contributed by atoms with Crippen LogP contribution >= 0.6 is 0 Å². The molecule has 2 aliphatic carbocycles. The van der Waals surface area contributed by atoms with E-state index in [-0.39, 0.29) is 47.0 Å². The Balaban J connectivity index is 1.14. The van der Waals surface area contributed by atoms with E-state index in [1.54, 1.807) is 24.3 Å². The minimum atomic E-state index is -0.699. The van der Waals surface area contributed by atoms with Crippen LogP contribution in [0.3, 0.4) is 0 Å². The van der Waals surface area contributed by atoms with Gasteiger partial charge in [0.25, 0.3) is 5.91 Å². The van der Waals surface area contributed by atoms with Gasteiger partial charge in [-0.05, 0) is 79.0 Å². The van der Waals surface area contributed by atoms with E-state index in [1.165, 1.54) is 16.5 Å². The predicted octanol–water partition coefficient (Wildman–Crippen LogP) is 4.72. The largest absolute Gasteiger partial charge is 0.452 e. The molecule has 0 unspecified atom stereocenters. The minimum absolute atomic E-state index is 0.147. The summed E-state index contributed by atoms with van der Waals surface area (Å²) >= 11 is 0. The van der Waals surface area contributed by atoms with Crippen molar-refractivity contribution in [2.24, 2.45) is 23.7 Å². The topological polar surface area (TPSA) is 92.8 Å². The number of carbonyl (C=O) groups is 4. The highest BCUT2D eigenvalue weighted by atomic mass is 16.5. The van der Waals surface area contributed by atoms with Crippen LogP contribution in [0, 0.1) is 30.6 Å². The molecule has 0 radical (unpaired) electrons. The molecule has 3 aliphatic rings. The summed E-state index contributed by atoms with van der Waals surface area (Å²) in [6.45, 7) is 1.46. The number of amides is 3. The lowest BCUT2D eigenvalue weighted by Crippen LogP contribution is -2.33. The molecule has 192 valence electrons. The Morgan fingerprint density at radius 3 is 2.45 bits per heavy atom. The van der Waals surface area contributed by atoms with Crippen molar-refractivity contribution < 1.29 is 23.9 Å². The zero-order valence-electron chi connectivity index (χ0n) is 21.0. The molecule has 3 fully saturated rings. The fourth-order valence-corrected chi connectivity index (χ4v) is 6.70. The second kappa shape index (κ2) is 9.56. The average molecular weight is 509 g/mol. The first-order chi connectivity index (χ1) is 18.4. The van der Waals surface area contributed by atoms with E-state index < -0.39 is 18.5 Å². The standard InChI is InChI=1S/C31H28N2O5/c1-18-7-5-11-22(13-18)32-26(34)17-38-31(37)20-10-6-12-23(14-20)33-29(35)27-21-15-24(19-8-3-2-4-9-19)25(16-21)28(27)30(33)36/h2-14,21,24-25,27-28H,15-17H2,1H3,(H,32,34)/t21-,24-,25+,27+,28+/m0/s1. The molecule has 3 amide bonds. The first kappa shape index (κ1) is 24.1. The molecule has 1 aliphatic heterocycles. The zero-order valence-corrected chi connectivity index (χ0v) is 21.0. The van der Waals surface area contributed by atoms with Crippen molar-refractivity contribution >= 4 is 35.1 Å². The summed E-state index contributed by atoms with van der Waals surface area (Å²) in [5.74, 6) is -1.52. The van der Waals surface area contributed by atoms with Crippen LogP contribution in [0.25, 0.3) is 0 Å². The fraction of sp³-hybridized carbons (Fsp3) is 0.290. The van der Waals surface area contributed by atoms with E-state index in [0.717, 1.165) is 18.4 Å². The second-order valence-electron chi connectivity index (χ2n) is 10.5. The number of hydrogen-bond acceptors (Lipinski definition) is 5. The van der Waals surface area contributed by atoms with Crippen molar-refractivity contribution in [1.82, 2.24) is 0 Å². The van der Waals surface area contributed by atoms with Crippen molar-refractivity contribution in [2.75, 3.05) is 16.8 Å². The quantitative estimate of drug-likeness (QED) is 0.384. The van der Waals surface area contributed by atoms with Gasteiger partial charge in [-0.15, -0.1) is 0 Å². The summed E-state index contributed by atoms with van der Waals surface area (Å²) < 4.78 is 5.21. The number of fused-ring (bicyclic) bond motifs is 5. The van der Waals surface area contributed by atoms with Crippen LogP contribution in [0.4, 0.5) is 11.4 Å². The van der Waals surface area contributed by atoms with E-state index in [4.69, 9.17) is 4.74 Å². The summed E-state index contributed by atoms with van der Waals surface area (Å²) in [7, 11) is 0. The highest BCUT2D eigenvalue weighted by molar-refractivity contribution is 6.23. The van der Waals surface area contributed by atoms with E-state index in [1.807, 2.05) is 43.3 Å². The van der Waals surface area contributed by atoms with Crippen molar-refractivity contribution in [1.29, 1.82) is 0 Å². The first-order valence-corrected chi connectivity index (χ1v) is 13.0. The minimum Gasteiger partial charge on any atom is -0.452 e. The summed E-state index contributed by atoms with van der Waals surface area (Å²) in [4.78, 5) is 53.3. The number of esters is 1. The van der Waals surface area contributed by atoms with Crippen LogP contribution < -0.4 is 10.2 Å². The predicted molar refractivity (Wildman–Crippen MR) is 141 cm³/mol. The molecule has 2 saturated carbocycles. The molecule has 1 saturated heterocycles. The molecule has 2 bridgehead atoms. The van der Waals surface area contributed by atoms with Gasteiger partial charge in [0.05, 0.1) is 23.1 Å². The molecule has 7 nitrogen and oxygen atoms in total. The molecule has 1 N–H and O–H groups in total. The summed E-state index contributed by atoms with van der Waals surface area (Å²) in [6.07, 6.45) is 1.82. The number of carbonyl (C=O) groups excluding carboxylic acids is 4. The Bertz CT molecular complexity index is 1430. The van der Waals surface area contributed by atoms with Gasteiger partial charge in [0.2, 0.25) is 11.8 Å². The summed E-state index contributed by atoms with van der Waals surface area (Å²) in [5.41, 5.74) is 3.38. The molecule has 3 aromatic carbocycles. The maximum absolute atomic E-state index is 13.6. The summed E-state index contributed by atoms with van der Waals surface area (Å²) in [5, 5.41) is 2.70.